The number of amidine groups is 1. The highest BCUT2D eigenvalue weighted by molar-refractivity contribution is 8.14. The highest BCUT2D eigenvalue weighted by Gasteiger charge is 2.31. The molecule has 0 bridgehead atoms. The summed E-state index contributed by atoms with van der Waals surface area (Å²) >= 11 is 1.35. The maximum atomic E-state index is 12.8. The largest absolute Gasteiger partial charge is 0.506 e. The van der Waals surface area contributed by atoms with Gasteiger partial charge in [-0.15, -0.1) is 12.4 Å². The van der Waals surface area contributed by atoms with Gasteiger partial charge in [-0.05, 0) is 18.2 Å². The Balaban J connectivity index is 0.00000208. The number of thioether (sulfide) groups is 1. The van der Waals surface area contributed by atoms with Crippen LogP contribution in [0.2, 0.25) is 0 Å². The van der Waals surface area contributed by atoms with Crippen molar-refractivity contribution in [2.45, 2.75) is 6.18 Å². The molecular weight excluding hydrogens is 367 g/mol. The van der Waals surface area contributed by atoms with E-state index in [1.54, 1.807) is 0 Å². The first-order valence-electron chi connectivity index (χ1n) is 6.54. The second-order valence-electron chi connectivity index (χ2n) is 4.74. The number of carbonyl (C=O) groups excluding carboxylic acids is 1. The molecular formula is C14H11ClF3N3O2S. The van der Waals surface area contributed by atoms with Crippen molar-refractivity contribution < 1.29 is 23.1 Å². The zero-order valence-corrected chi connectivity index (χ0v) is 13.6. The zero-order chi connectivity index (χ0) is 16.6. The Labute approximate surface area is 144 Å². The molecule has 2 heterocycles. The second kappa shape index (κ2) is 6.86. The minimum Gasteiger partial charge on any atom is -0.506 e. The van der Waals surface area contributed by atoms with Crippen molar-refractivity contribution in [2.75, 3.05) is 12.3 Å². The molecule has 0 radical (unpaired) electrons. The van der Waals surface area contributed by atoms with E-state index in [9.17, 15) is 23.1 Å². The van der Waals surface area contributed by atoms with Crippen LogP contribution in [-0.2, 0) is 6.18 Å². The van der Waals surface area contributed by atoms with E-state index in [0.29, 0.717) is 11.7 Å². The number of amides is 1. The van der Waals surface area contributed by atoms with Crippen LogP contribution < -0.4 is 5.32 Å². The number of aromatic hydroxyl groups is 1. The van der Waals surface area contributed by atoms with Gasteiger partial charge in [0.15, 0.2) is 5.17 Å². The number of aliphatic imine (C=N–C) groups is 1. The lowest BCUT2D eigenvalue weighted by atomic mass is 10.1. The standard InChI is InChI=1S/C14H10F3N3O2S.ClH/c15-14(16,17)7-1-2-10-8(5-7)11(21)9(6-19-10)12(22)20-13-18-3-4-23-13;/h1-2,5-6H,3-4H2,(H,19,21)(H,18,20,22);1H. The number of nitrogens with zero attached hydrogens (tertiary/aromatic N) is 2. The molecule has 1 aromatic carbocycles. The van der Waals surface area contributed by atoms with E-state index in [-0.39, 0.29) is 28.9 Å². The van der Waals surface area contributed by atoms with Crippen LogP contribution >= 0.6 is 24.2 Å². The predicted molar refractivity (Wildman–Crippen MR) is 87.9 cm³/mol. The van der Waals surface area contributed by atoms with Crippen LogP contribution in [0, 0.1) is 0 Å². The predicted octanol–water partition coefficient (Wildman–Crippen LogP) is 3.21. The monoisotopic (exact) mass is 377 g/mol. The van der Waals surface area contributed by atoms with E-state index < -0.39 is 23.4 Å². The fourth-order valence-corrected chi connectivity index (χ4v) is 2.82. The maximum absolute atomic E-state index is 12.8. The normalized spacial score (nSPS) is 14.2. The number of halogens is 4. The molecule has 0 saturated heterocycles. The number of fused-ring (bicyclic) bond motifs is 1. The van der Waals surface area contributed by atoms with Crippen molar-refractivity contribution in [3.05, 3.63) is 35.5 Å². The third kappa shape index (κ3) is 3.57. The van der Waals surface area contributed by atoms with E-state index in [1.165, 1.54) is 11.8 Å². The molecule has 0 saturated carbocycles. The molecule has 3 rings (SSSR count). The number of hydrogen-bond acceptors (Lipinski definition) is 5. The van der Waals surface area contributed by atoms with Crippen LogP contribution in [0.1, 0.15) is 15.9 Å². The Morgan fingerprint density at radius 2 is 2.08 bits per heavy atom. The van der Waals surface area contributed by atoms with E-state index in [1.807, 2.05) is 0 Å². The second-order valence-corrected chi connectivity index (χ2v) is 5.82. The van der Waals surface area contributed by atoms with Gasteiger partial charge in [-0.3, -0.25) is 14.8 Å². The number of benzene rings is 1. The molecule has 1 amide bonds. The van der Waals surface area contributed by atoms with E-state index in [2.05, 4.69) is 15.3 Å². The lowest BCUT2D eigenvalue weighted by Gasteiger charge is -2.10. The molecule has 2 aromatic rings. The van der Waals surface area contributed by atoms with Gasteiger partial charge >= 0.3 is 6.18 Å². The Morgan fingerprint density at radius 1 is 1.33 bits per heavy atom. The van der Waals surface area contributed by atoms with Crippen molar-refractivity contribution in [1.82, 2.24) is 10.3 Å². The summed E-state index contributed by atoms with van der Waals surface area (Å²) in [6.45, 7) is 0.581. The Bertz CT molecular complexity index is 827. The van der Waals surface area contributed by atoms with Crippen LogP contribution in [0.4, 0.5) is 13.2 Å². The van der Waals surface area contributed by atoms with Gasteiger partial charge in [-0.25, -0.2) is 0 Å². The fraction of sp³-hybridized carbons (Fsp3) is 0.214. The van der Waals surface area contributed by atoms with Gasteiger partial charge in [-0.2, -0.15) is 13.2 Å². The molecule has 0 aliphatic carbocycles. The highest BCUT2D eigenvalue weighted by Crippen LogP contribution is 2.34. The summed E-state index contributed by atoms with van der Waals surface area (Å²) in [5.74, 6) is -0.461. The lowest BCUT2D eigenvalue weighted by Crippen LogP contribution is -2.27. The Morgan fingerprint density at radius 3 is 2.71 bits per heavy atom. The topological polar surface area (TPSA) is 74.6 Å². The van der Waals surface area contributed by atoms with Crippen LogP contribution in [0.25, 0.3) is 10.9 Å². The summed E-state index contributed by atoms with van der Waals surface area (Å²) in [5, 5.41) is 13.0. The van der Waals surface area contributed by atoms with Crippen molar-refractivity contribution in [3.8, 4) is 5.75 Å². The van der Waals surface area contributed by atoms with Gasteiger partial charge in [0.25, 0.3) is 5.91 Å². The van der Waals surface area contributed by atoms with Crippen LogP contribution in [0.15, 0.2) is 29.4 Å². The van der Waals surface area contributed by atoms with Gasteiger partial charge in [-0.1, -0.05) is 11.8 Å². The zero-order valence-electron chi connectivity index (χ0n) is 11.9. The number of aromatic nitrogens is 1. The van der Waals surface area contributed by atoms with Crippen molar-refractivity contribution in [3.63, 3.8) is 0 Å². The summed E-state index contributed by atoms with van der Waals surface area (Å²) in [6.07, 6.45) is -3.42. The SMILES string of the molecule is Cl.O=C(NC1=NCCS1)c1cnc2ccc(C(F)(F)F)cc2c1O. The summed E-state index contributed by atoms with van der Waals surface area (Å²) in [5.41, 5.74) is -0.956. The van der Waals surface area contributed by atoms with Crippen LogP contribution in [0.3, 0.4) is 0 Å². The molecule has 5 nitrogen and oxygen atoms in total. The Kier molecular flexibility index (Phi) is 5.24. The third-order valence-electron chi connectivity index (χ3n) is 3.22. The third-order valence-corrected chi connectivity index (χ3v) is 4.11. The maximum Gasteiger partial charge on any atom is 0.416 e. The van der Waals surface area contributed by atoms with Crippen molar-refractivity contribution >= 4 is 46.1 Å². The fourth-order valence-electron chi connectivity index (χ4n) is 2.10. The first kappa shape index (κ1) is 18.3. The van der Waals surface area contributed by atoms with Gasteiger partial charge in [0.1, 0.15) is 11.3 Å². The molecule has 2 N–H and O–H groups in total. The molecule has 1 aliphatic rings. The van der Waals surface area contributed by atoms with Crippen molar-refractivity contribution in [1.29, 1.82) is 0 Å². The van der Waals surface area contributed by atoms with E-state index in [0.717, 1.165) is 30.1 Å². The number of alkyl halides is 3. The quantitative estimate of drug-likeness (QED) is 0.800. The summed E-state index contributed by atoms with van der Waals surface area (Å²) < 4.78 is 38.3. The number of hydrogen-bond donors (Lipinski definition) is 2. The molecule has 128 valence electrons. The number of rotatable bonds is 1. The van der Waals surface area contributed by atoms with E-state index >= 15 is 0 Å². The minimum atomic E-state index is -4.55. The minimum absolute atomic E-state index is 0. The van der Waals surface area contributed by atoms with E-state index in [4.69, 9.17) is 0 Å². The van der Waals surface area contributed by atoms with Crippen LogP contribution in [0.5, 0.6) is 5.75 Å². The molecule has 10 heteroatoms. The highest BCUT2D eigenvalue weighted by atomic mass is 35.5. The molecule has 1 aliphatic heterocycles. The number of pyridine rings is 1. The van der Waals surface area contributed by atoms with Crippen LogP contribution in [-0.4, -0.2) is 33.5 Å². The molecule has 1 aromatic heterocycles. The molecule has 0 spiro atoms. The lowest BCUT2D eigenvalue weighted by molar-refractivity contribution is -0.137. The number of carbonyl (C=O) groups is 1. The van der Waals surface area contributed by atoms with Gasteiger partial charge in [0, 0.05) is 17.3 Å². The smallest absolute Gasteiger partial charge is 0.416 e. The molecule has 0 atom stereocenters. The summed E-state index contributed by atoms with van der Waals surface area (Å²) in [4.78, 5) is 20.1. The summed E-state index contributed by atoms with van der Waals surface area (Å²) in [6, 6.07) is 2.80. The first-order chi connectivity index (χ1) is 10.9. The molecule has 0 fully saturated rings. The number of nitrogens with one attached hydrogen (secondary N) is 1. The average molecular weight is 378 g/mol. The molecule has 24 heavy (non-hydrogen) atoms. The van der Waals surface area contributed by atoms with Gasteiger partial charge < -0.3 is 10.4 Å². The Hall–Kier alpha value is -2.00. The average Bonchev–Trinajstić information content (AvgIpc) is 2.99. The molecule has 0 unspecified atom stereocenters. The summed E-state index contributed by atoms with van der Waals surface area (Å²) in [7, 11) is 0. The van der Waals surface area contributed by atoms with Gasteiger partial charge in [0.05, 0.1) is 17.6 Å². The first-order valence-corrected chi connectivity index (χ1v) is 7.52. The van der Waals surface area contributed by atoms with Crippen molar-refractivity contribution in [2.24, 2.45) is 4.99 Å². The van der Waals surface area contributed by atoms with Gasteiger partial charge in [0.2, 0.25) is 0 Å².